The van der Waals surface area contributed by atoms with Gasteiger partial charge in [-0.1, -0.05) is 31.8 Å². The molecule has 3 rings (SSSR count). The van der Waals surface area contributed by atoms with E-state index in [1.54, 1.807) is 0 Å². The number of benzene rings is 1. The quantitative estimate of drug-likeness (QED) is 0.730. The second-order valence-electron chi connectivity index (χ2n) is 9.75. The zero-order chi connectivity index (χ0) is 20.2. The maximum Gasteiger partial charge on any atom is 0.494 e. The summed E-state index contributed by atoms with van der Waals surface area (Å²) in [5, 5.41) is 5.81. The van der Waals surface area contributed by atoms with Crippen LogP contribution >= 0.6 is 0 Å². The molecule has 2 heterocycles. The summed E-state index contributed by atoms with van der Waals surface area (Å²) in [5.74, 6) is 0. The Morgan fingerprint density at radius 3 is 2.30 bits per heavy atom. The lowest BCUT2D eigenvalue weighted by atomic mass is 9.78. The molecule has 0 saturated carbocycles. The van der Waals surface area contributed by atoms with Gasteiger partial charge in [-0.2, -0.15) is 5.10 Å². The number of aromatic nitrogens is 2. The lowest BCUT2D eigenvalue weighted by Crippen LogP contribution is -2.41. The third kappa shape index (κ3) is 3.88. The van der Waals surface area contributed by atoms with Crippen molar-refractivity contribution in [2.24, 2.45) is 0 Å². The minimum absolute atomic E-state index is 0.279. The van der Waals surface area contributed by atoms with Crippen LogP contribution in [0.15, 0.2) is 18.2 Å². The van der Waals surface area contributed by atoms with Gasteiger partial charge >= 0.3 is 7.12 Å². The first-order valence-electron chi connectivity index (χ1n) is 9.76. The van der Waals surface area contributed by atoms with Crippen molar-refractivity contribution in [1.82, 2.24) is 9.78 Å². The van der Waals surface area contributed by atoms with Crippen molar-refractivity contribution < 1.29 is 14.0 Å². The summed E-state index contributed by atoms with van der Waals surface area (Å²) in [6.45, 7) is 19.9. The van der Waals surface area contributed by atoms with Gasteiger partial charge in [-0.15, -0.1) is 0 Å². The Bertz CT molecular complexity index is 826. The third-order valence-corrected chi connectivity index (χ3v) is 8.76. The van der Waals surface area contributed by atoms with Crippen LogP contribution in [0.5, 0.6) is 0 Å². The fourth-order valence-electron chi connectivity index (χ4n) is 3.01. The van der Waals surface area contributed by atoms with E-state index in [0.29, 0.717) is 6.73 Å². The van der Waals surface area contributed by atoms with Crippen molar-refractivity contribution in [2.45, 2.75) is 84.8 Å². The summed E-state index contributed by atoms with van der Waals surface area (Å²) < 4.78 is 20.5. The highest BCUT2D eigenvalue weighted by Crippen LogP contribution is 2.36. The number of fused-ring (bicyclic) bond motifs is 1. The molecule has 0 radical (unpaired) electrons. The van der Waals surface area contributed by atoms with E-state index in [4.69, 9.17) is 19.1 Å². The Hall–Kier alpha value is -1.15. The van der Waals surface area contributed by atoms with Crippen LogP contribution in [0.4, 0.5) is 0 Å². The van der Waals surface area contributed by atoms with Gasteiger partial charge in [-0.05, 0) is 53.1 Å². The summed E-state index contributed by atoms with van der Waals surface area (Å²) >= 11 is 0. The van der Waals surface area contributed by atoms with E-state index in [-0.39, 0.29) is 24.0 Å². The van der Waals surface area contributed by atoms with Gasteiger partial charge in [-0.25, -0.2) is 4.68 Å². The van der Waals surface area contributed by atoms with E-state index >= 15 is 0 Å². The monoisotopic (exact) mass is 388 g/mol. The Kier molecular flexibility index (Phi) is 5.13. The van der Waals surface area contributed by atoms with Crippen LogP contribution in [0.2, 0.25) is 19.6 Å². The SMILES string of the molecule is Cc1nn(COC(C)[Si](C)(C)C)c2ccc(B3OC(C)(C)C(C)(C)O3)cc12. The summed E-state index contributed by atoms with van der Waals surface area (Å²) in [6.07, 6.45) is 0. The second-order valence-corrected chi connectivity index (χ2v) is 15.3. The predicted octanol–water partition coefficient (Wildman–Crippen LogP) is 3.88. The van der Waals surface area contributed by atoms with E-state index in [1.807, 2.05) is 11.6 Å². The summed E-state index contributed by atoms with van der Waals surface area (Å²) in [4.78, 5) is 0. The molecular weight excluding hydrogens is 355 g/mol. The minimum atomic E-state index is -1.33. The molecule has 1 aliphatic rings. The molecule has 1 atom stereocenters. The fourth-order valence-corrected chi connectivity index (χ4v) is 3.59. The molecule has 0 N–H and O–H groups in total. The second kappa shape index (κ2) is 6.72. The van der Waals surface area contributed by atoms with Gasteiger partial charge in [0.1, 0.15) is 6.73 Å². The van der Waals surface area contributed by atoms with Crippen molar-refractivity contribution >= 4 is 31.6 Å². The standard InChI is InChI=1S/C20H33BN2O3Si/c1-14-17-12-16(21-25-19(3,4)20(5,6)26-21)10-11-18(17)23(22-14)13-24-15(2)27(7,8)9/h10-12,15H,13H2,1-9H3. The van der Waals surface area contributed by atoms with Gasteiger partial charge < -0.3 is 14.0 Å². The first kappa shape index (κ1) is 20.6. The van der Waals surface area contributed by atoms with Gasteiger partial charge in [0.25, 0.3) is 0 Å². The molecule has 27 heavy (non-hydrogen) atoms. The predicted molar refractivity (Wildman–Crippen MR) is 114 cm³/mol. The number of nitrogens with zero attached hydrogens (tertiary/aromatic N) is 2. The largest absolute Gasteiger partial charge is 0.494 e. The number of hydrogen-bond acceptors (Lipinski definition) is 4. The highest BCUT2D eigenvalue weighted by molar-refractivity contribution is 6.77. The summed E-state index contributed by atoms with van der Waals surface area (Å²) in [5.41, 5.74) is 2.70. The van der Waals surface area contributed by atoms with E-state index < -0.39 is 8.07 Å². The first-order chi connectivity index (χ1) is 12.3. The minimum Gasteiger partial charge on any atom is -0.399 e. The topological polar surface area (TPSA) is 45.5 Å². The maximum atomic E-state index is 6.19. The Balaban J connectivity index is 1.85. The molecule has 1 aromatic heterocycles. The van der Waals surface area contributed by atoms with Crippen LogP contribution < -0.4 is 5.46 Å². The van der Waals surface area contributed by atoms with E-state index in [1.165, 1.54) is 0 Å². The zero-order valence-corrected chi connectivity index (χ0v) is 19.2. The molecule has 0 spiro atoms. The van der Waals surface area contributed by atoms with E-state index in [9.17, 15) is 0 Å². The van der Waals surface area contributed by atoms with Crippen molar-refractivity contribution in [1.29, 1.82) is 0 Å². The van der Waals surface area contributed by atoms with Gasteiger partial charge in [-0.3, -0.25) is 0 Å². The molecular formula is C20H33BN2O3Si. The number of rotatable bonds is 5. The molecule has 7 heteroatoms. The van der Waals surface area contributed by atoms with Crippen molar-refractivity contribution in [3.8, 4) is 0 Å². The summed E-state index contributed by atoms with van der Waals surface area (Å²) in [6, 6.07) is 6.31. The molecule has 2 aromatic rings. The molecule has 1 aliphatic heterocycles. The lowest BCUT2D eigenvalue weighted by molar-refractivity contribution is 0.00578. The highest BCUT2D eigenvalue weighted by Gasteiger charge is 2.51. The zero-order valence-electron chi connectivity index (χ0n) is 18.2. The van der Waals surface area contributed by atoms with Crippen LogP contribution in [0, 0.1) is 6.92 Å². The molecule has 5 nitrogen and oxygen atoms in total. The Morgan fingerprint density at radius 1 is 1.15 bits per heavy atom. The first-order valence-corrected chi connectivity index (χ1v) is 13.3. The van der Waals surface area contributed by atoms with Crippen LogP contribution in [0.25, 0.3) is 10.9 Å². The molecule has 148 valence electrons. The van der Waals surface area contributed by atoms with Gasteiger partial charge in [0.2, 0.25) is 0 Å². The smallest absolute Gasteiger partial charge is 0.399 e. The van der Waals surface area contributed by atoms with Gasteiger partial charge in [0.05, 0.1) is 30.5 Å². The Labute approximate surface area is 164 Å². The van der Waals surface area contributed by atoms with Crippen molar-refractivity contribution in [3.05, 3.63) is 23.9 Å². The highest BCUT2D eigenvalue weighted by atomic mass is 28.3. The van der Waals surface area contributed by atoms with E-state index in [0.717, 1.165) is 22.1 Å². The van der Waals surface area contributed by atoms with Crippen molar-refractivity contribution in [3.63, 3.8) is 0 Å². The summed E-state index contributed by atoms with van der Waals surface area (Å²) in [7, 11) is -1.68. The number of hydrogen-bond donors (Lipinski definition) is 0. The molecule has 0 bridgehead atoms. The average Bonchev–Trinajstić information content (AvgIpc) is 2.97. The normalized spacial score (nSPS) is 20.4. The maximum absolute atomic E-state index is 6.19. The number of ether oxygens (including phenoxy) is 1. The van der Waals surface area contributed by atoms with Gasteiger partial charge in [0.15, 0.2) is 0 Å². The molecule has 1 fully saturated rings. The molecule has 1 unspecified atom stereocenters. The molecule has 1 aromatic carbocycles. The van der Waals surface area contributed by atoms with Crippen LogP contribution in [-0.2, 0) is 20.8 Å². The molecule has 1 saturated heterocycles. The van der Waals surface area contributed by atoms with Crippen molar-refractivity contribution in [2.75, 3.05) is 0 Å². The van der Waals surface area contributed by atoms with E-state index in [2.05, 4.69) is 72.5 Å². The third-order valence-electron chi connectivity index (χ3n) is 6.15. The lowest BCUT2D eigenvalue weighted by Gasteiger charge is -2.32. The van der Waals surface area contributed by atoms with Gasteiger partial charge in [0, 0.05) is 11.1 Å². The molecule has 0 aliphatic carbocycles. The average molecular weight is 388 g/mol. The Morgan fingerprint density at radius 2 is 1.74 bits per heavy atom. The van der Waals surface area contributed by atoms with Crippen LogP contribution in [-0.4, -0.2) is 41.9 Å². The molecule has 0 amide bonds. The van der Waals surface area contributed by atoms with Crippen LogP contribution in [0.3, 0.4) is 0 Å². The number of aryl methyl sites for hydroxylation is 1. The fraction of sp³-hybridized carbons (Fsp3) is 0.650. The van der Waals surface area contributed by atoms with Crippen LogP contribution in [0.1, 0.15) is 40.3 Å².